The molecule has 2 fully saturated rings. The van der Waals surface area contributed by atoms with Crippen molar-refractivity contribution in [2.24, 2.45) is 0 Å². The Morgan fingerprint density at radius 2 is 0.864 bits per heavy atom. The molecule has 0 spiro atoms. The number of ether oxygens (including phenoxy) is 6. The third-order valence-electron chi connectivity index (χ3n) is 12.7. The summed E-state index contributed by atoms with van der Waals surface area (Å²) in [7, 11) is 0. The number of hydrogen-bond acceptors (Lipinski definition) is 15. The van der Waals surface area contributed by atoms with Gasteiger partial charge < -0.3 is 64.2 Å². The molecule has 0 saturated carbocycles. The fraction of sp³-hybridized carbons (Fsp3) is 0.922. The van der Waals surface area contributed by atoms with Crippen LogP contribution in [0.3, 0.4) is 0 Å². The minimum absolute atomic E-state index is 0.164. The average molecular weight is 947 g/mol. The largest absolute Gasteiger partial charge is 0.462 e. The molecular formula is C51H94O15. The molecule has 2 aliphatic rings. The summed E-state index contributed by atoms with van der Waals surface area (Å²) in [6.07, 6.45) is 20.9. The molecule has 2 saturated heterocycles. The summed E-state index contributed by atoms with van der Waals surface area (Å²) in [5.74, 6) is -0.920. The van der Waals surface area contributed by atoms with E-state index in [1.54, 1.807) is 0 Å². The minimum Gasteiger partial charge on any atom is -0.462 e. The lowest BCUT2D eigenvalue weighted by Gasteiger charge is -2.42. The van der Waals surface area contributed by atoms with Crippen LogP contribution in [0.2, 0.25) is 0 Å². The summed E-state index contributed by atoms with van der Waals surface area (Å²) in [6, 6.07) is 0. The Hall–Kier alpha value is -1.76. The molecule has 0 aromatic carbocycles. The molecule has 0 aromatic heterocycles. The average Bonchev–Trinajstić information content (AvgIpc) is 3.31. The van der Waals surface area contributed by atoms with Crippen LogP contribution >= 0.6 is 0 Å². The van der Waals surface area contributed by atoms with Crippen LogP contribution in [0.5, 0.6) is 0 Å². The summed E-state index contributed by atoms with van der Waals surface area (Å²) in [6.45, 7) is 2.60. The van der Waals surface area contributed by atoms with Crippen LogP contribution in [-0.4, -0.2) is 142 Å². The third-order valence-corrected chi connectivity index (χ3v) is 12.7. The van der Waals surface area contributed by atoms with Gasteiger partial charge in [0, 0.05) is 12.8 Å². The van der Waals surface area contributed by atoms with E-state index in [1.165, 1.54) is 116 Å². The molecule has 7 N–H and O–H groups in total. The Kier molecular flexibility index (Phi) is 35.7. The van der Waals surface area contributed by atoms with Crippen LogP contribution in [0.4, 0.5) is 0 Å². The molecule has 66 heavy (non-hydrogen) atoms. The van der Waals surface area contributed by atoms with E-state index in [0.717, 1.165) is 51.4 Å². The maximum atomic E-state index is 13.0. The molecule has 15 nitrogen and oxygen atoms in total. The van der Waals surface area contributed by atoms with Gasteiger partial charge in [-0.05, 0) is 38.5 Å². The molecule has 11 atom stereocenters. The zero-order valence-electron chi connectivity index (χ0n) is 40.9. The first-order valence-corrected chi connectivity index (χ1v) is 26.3. The molecule has 2 aliphatic heterocycles. The quantitative estimate of drug-likeness (QED) is 0.0180. The van der Waals surface area contributed by atoms with Gasteiger partial charge in [0.15, 0.2) is 18.7 Å². The molecule has 2 heterocycles. The Balaban J connectivity index is 1.80. The van der Waals surface area contributed by atoms with Gasteiger partial charge in [-0.3, -0.25) is 9.59 Å². The molecule has 0 bridgehead atoms. The van der Waals surface area contributed by atoms with E-state index < -0.39 is 92.7 Å². The maximum absolute atomic E-state index is 13.0. The summed E-state index contributed by atoms with van der Waals surface area (Å²) in [5, 5.41) is 72.1. The normalized spacial score (nSPS) is 26.2. The van der Waals surface area contributed by atoms with Crippen LogP contribution in [-0.2, 0) is 38.0 Å². The van der Waals surface area contributed by atoms with Crippen molar-refractivity contribution in [3.05, 3.63) is 12.2 Å². The van der Waals surface area contributed by atoms with Crippen molar-refractivity contribution in [1.82, 2.24) is 0 Å². The van der Waals surface area contributed by atoms with Gasteiger partial charge in [-0.1, -0.05) is 167 Å². The molecule has 15 heteroatoms. The number of carbonyl (C=O) groups is 2. The van der Waals surface area contributed by atoms with Gasteiger partial charge in [-0.25, -0.2) is 0 Å². The maximum Gasteiger partial charge on any atom is 0.306 e. The van der Waals surface area contributed by atoms with Crippen molar-refractivity contribution in [3.8, 4) is 0 Å². The highest BCUT2D eigenvalue weighted by Gasteiger charge is 2.47. The van der Waals surface area contributed by atoms with Crippen LogP contribution in [0.15, 0.2) is 12.2 Å². The molecule has 388 valence electrons. The molecule has 2 rings (SSSR count). The summed E-state index contributed by atoms with van der Waals surface area (Å²) in [4.78, 5) is 25.7. The molecule has 0 aromatic rings. The lowest BCUT2D eigenvalue weighted by atomic mass is 9.98. The van der Waals surface area contributed by atoms with E-state index in [1.807, 2.05) is 0 Å². The fourth-order valence-corrected chi connectivity index (χ4v) is 8.39. The van der Waals surface area contributed by atoms with Gasteiger partial charge in [0.25, 0.3) is 0 Å². The second-order valence-corrected chi connectivity index (χ2v) is 18.7. The Labute approximate surface area is 397 Å². The van der Waals surface area contributed by atoms with E-state index in [-0.39, 0.29) is 26.1 Å². The topological polar surface area (TPSA) is 231 Å². The van der Waals surface area contributed by atoms with Crippen molar-refractivity contribution in [3.63, 3.8) is 0 Å². The van der Waals surface area contributed by atoms with E-state index in [0.29, 0.717) is 12.8 Å². The SMILES string of the molecule is CCCCCCCC/C=C\CCCCCCCCCC(=O)OC(COC(=O)CCCCCCCCCCCCCCC)COC1OC(COC2OC(CO)C(O)C(O)C2O)C(O)C(O)C1O. The second kappa shape index (κ2) is 39.0. The molecule has 0 amide bonds. The van der Waals surface area contributed by atoms with Crippen molar-refractivity contribution in [1.29, 1.82) is 0 Å². The number of esters is 2. The fourth-order valence-electron chi connectivity index (χ4n) is 8.39. The van der Waals surface area contributed by atoms with Crippen LogP contribution in [0.25, 0.3) is 0 Å². The van der Waals surface area contributed by atoms with Crippen LogP contribution in [0.1, 0.15) is 206 Å². The number of aliphatic hydroxyl groups is 7. The Morgan fingerprint density at radius 1 is 0.470 bits per heavy atom. The first-order valence-electron chi connectivity index (χ1n) is 26.3. The zero-order chi connectivity index (χ0) is 48.2. The predicted molar refractivity (Wildman–Crippen MR) is 252 cm³/mol. The van der Waals surface area contributed by atoms with E-state index in [2.05, 4.69) is 26.0 Å². The van der Waals surface area contributed by atoms with Gasteiger partial charge in [0.05, 0.1) is 19.8 Å². The van der Waals surface area contributed by atoms with Gasteiger partial charge in [-0.15, -0.1) is 0 Å². The smallest absolute Gasteiger partial charge is 0.306 e. The van der Waals surface area contributed by atoms with Gasteiger partial charge in [0.2, 0.25) is 0 Å². The minimum atomic E-state index is -1.76. The predicted octanol–water partition coefficient (Wildman–Crippen LogP) is 7.38. The lowest BCUT2D eigenvalue weighted by molar-refractivity contribution is -0.332. The number of aliphatic hydroxyl groups excluding tert-OH is 7. The first-order chi connectivity index (χ1) is 32.0. The number of allylic oxidation sites excluding steroid dienone is 2. The second-order valence-electron chi connectivity index (χ2n) is 18.7. The summed E-state index contributed by atoms with van der Waals surface area (Å²) >= 11 is 0. The van der Waals surface area contributed by atoms with Crippen LogP contribution < -0.4 is 0 Å². The molecule has 0 aliphatic carbocycles. The third kappa shape index (κ3) is 26.8. The van der Waals surface area contributed by atoms with Gasteiger partial charge in [-0.2, -0.15) is 0 Å². The number of carbonyl (C=O) groups excluding carboxylic acids is 2. The van der Waals surface area contributed by atoms with Crippen molar-refractivity contribution < 1.29 is 73.8 Å². The standard InChI is InChI=1S/C51H94O15/c1-3-5-7-9-11-13-15-17-18-19-20-22-24-26-28-30-32-34-43(54)64-39(36-61-42(53)33-31-29-27-25-23-21-16-14-12-10-8-6-4-2)37-62-50-49(60)47(58)45(56)41(66-50)38-63-51-48(59)46(57)44(55)40(35-52)65-51/h17-18,39-41,44-52,55-60H,3-16,19-38H2,1-2H3/b18-17-. The highest BCUT2D eigenvalue weighted by atomic mass is 16.7. The summed E-state index contributed by atoms with van der Waals surface area (Å²) < 4.78 is 33.6. The summed E-state index contributed by atoms with van der Waals surface area (Å²) in [5.41, 5.74) is 0. The van der Waals surface area contributed by atoms with E-state index in [9.17, 15) is 45.3 Å². The number of rotatable bonds is 41. The van der Waals surface area contributed by atoms with Crippen molar-refractivity contribution in [2.75, 3.05) is 26.4 Å². The lowest BCUT2D eigenvalue weighted by Crippen LogP contribution is -2.61. The first kappa shape index (κ1) is 60.4. The monoisotopic (exact) mass is 947 g/mol. The van der Waals surface area contributed by atoms with Crippen LogP contribution in [0, 0.1) is 0 Å². The van der Waals surface area contributed by atoms with E-state index >= 15 is 0 Å². The zero-order valence-corrected chi connectivity index (χ0v) is 40.9. The molecule has 0 radical (unpaired) electrons. The number of unbranched alkanes of at least 4 members (excludes halogenated alkanes) is 25. The highest BCUT2D eigenvalue weighted by Crippen LogP contribution is 2.26. The molecular weight excluding hydrogens is 853 g/mol. The number of hydrogen-bond donors (Lipinski definition) is 7. The highest BCUT2D eigenvalue weighted by molar-refractivity contribution is 5.70. The van der Waals surface area contributed by atoms with Crippen molar-refractivity contribution in [2.45, 2.75) is 274 Å². The van der Waals surface area contributed by atoms with Crippen molar-refractivity contribution >= 4 is 11.9 Å². The Morgan fingerprint density at radius 3 is 1.33 bits per heavy atom. The van der Waals surface area contributed by atoms with Gasteiger partial charge in [0.1, 0.15) is 55.4 Å². The Bertz CT molecular complexity index is 1210. The van der Waals surface area contributed by atoms with Gasteiger partial charge >= 0.3 is 11.9 Å². The molecule has 11 unspecified atom stereocenters. The van der Waals surface area contributed by atoms with E-state index in [4.69, 9.17) is 28.4 Å².